The molecule has 41 heavy (non-hydrogen) atoms. The van der Waals surface area contributed by atoms with Crippen molar-refractivity contribution in [3.05, 3.63) is 101 Å². The minimum absolute atomic E-state index is 0.00299. The van der Waals surface area contributed by atoms with E-state index in [0.717, 1.165) is 55.4 Å². The minimum atomic E-state index is -0.510. The molecule has 3 amide bonds. The van der Waals surface area contributed by atoms with Gasteiger partial charge in [-0.2, -0.15) is 0 Å². The Morgan fingerprint density at radius 1 is 0.976 bits per heavy atom. The number of hydrogen-bond donors (Lipinski definition) is 3. The van der Waals surface area contributed by atoms with E-state index in [1.807, 2.05) is 92.4 Å². The van der Waals surface area contributed by atoms with E-state index in [0.29, 0.717) is 30.5 Å². The minimum Gasteiger partial charge on any atom is -0.366 e. The molecule has 1 aliphatic heterocycles. The molecule has 0 unspecified atom stereocenters. The van der Waals surface area contributed by atoms with Crippen LogP contribution in [0.1, 0.15) is 57.7 Å². The molecule has 7 nitrogen and oxygen atoms in total. The zero-order valence-corrected chi connectivity index (χ0v) is 23.4. The fourth-order valence-corrected chi connectivity index (χ4v) is 5.95. The topological polar surface area (TPSA) is 108 Å². The van der Waals surface area contributed by atoms with E-state index in [1.165, 1.54) is 0 Å². The number of rotatable bonds is 7. The van der Waals surface area contributed by atoms with Gasteiger partial charge < -0.3 is 20.9 Å². The summed E-state index contributed by atoms with van der Waals surface area (Å²) in [6.45, 7) is 6.45. The highest BCUT2D eigenvalue weighted by Gasteiger charge is 2.29. The predicted molar refractivity (Wildman–Crippen MR) is 163 cm³/mol. The van der Waals surface area contributed by atoms with Crippen LogP contribution in [0.15, 0.2) is 72.8 Å². The summed E-state index contributed by atoms with van der Waals surface area (Å²) in [6.07, 6.45) is 1.000. The number of aryl methyl sites for hydroxylation is 1. The van der Waals surface area contributed by atoms with Gasteiger partial charge in [0.2, 0.25) is 5.91 Å². The summed E-state index contributed by atoms with van der Waals surface area (Å²) in [4.78, 5) is 43.2. The van der Waals surface area contributed by atoms with Crippen molar-refractivity contribution in [1.82, 2.24) is 10.3 Å². The van der Waals surface area contributed by atoms with E-state index >= 15 is 0 Å². The van der Waals surface area contributed by atoms with Gasteiger partial charge >= 0.3 is 0 Å². The second-order valence-corrected chi connectivity index (χ2v) is 11.0. The van der Waals surface area contributed by atoms with E-state index in [9.17, 15) is 14.4 Å². The number of aromatic amines is 1. The quantitative estimate of drug-likeness (QED) is 0.233. The number of amides is 3. The fraction of sp³-hybridized carbons (Fsp3) is 0.206. The van der Waals surface area contributed by atoms with E-state index in [-0.39, 0.29) is 17.9 Å². The Morgan fingerprint density at radius 2 is 1.76 bits per heavy atom. The molecule has 4 N–H and O–H groups in total. The molecule has 0 saturated carbocycles. The molecule has 0 aliphatic carbocycles. The molecule has 4 aromatic carbocycles. The van der Waals surface area contributed by atoms with Crippen molar-refractivity contribution in [3.8, 4) is 11.1 Å². The number of anilines is 1. The molecule has 206 valence electrons. The van der Waals surface area contributed by atoms with Gasteiger partial charge in [0, 0.05) is 40.0 Å². The number of primary amides is 1. The molecule has 1 aliphatic rings. The lowest BCUT2D eigenvalue weighted by Crippen LogP contribution is -2.30. The Morgan fingerprint density at radius 3 is 2.51 bits per heavy atom. The Balaban J connectivity index is 1.44. The van der Waals surface area contributed by atoms with Crippen LogP contribution in [0.3, 0.4) is 0 Å². The van der Waals surface area contributed by atoms with Crippen LogP contribution < -0.4 is 16.0 Å². The van der Waals surface area contributed by atoms with Crippen molar-refractivity contribution < 1.29 is 14.4 Å². The van der Waals surface area contributed by atoms with Gasteiger partial charge in [-0.05, 0) is 79.3 Å². The number of benzene rings is 4. The van der Waals surface area contributed by atoms with E-state index in [4.69, 9.17) is 5.73 Å². The SMILES string of the molecule is Cc1c(-c2ccc(C(N)=O)c3[nH]c4cc(CCC(=O)NC(C)C)ccc4c23)cccc1N1Cc2ccccc2C1=O. The Labute approximate surface area is 238 Å². The number of H-pyrrole nitrogens is 1. The van der Waals surface area contributed by atoms with E-state index < -0.39 is 5.91 Å². The van der Waals surface area contributed by atoms with Gasteiger partial charge in [0.05, 0.1) is 17.6 Å². The molecule has 0 fully saturated rings. The van der Waals surface area contributed by atoms with Crippen LogP contribution in [0, 0.1) is 6.92 Å². The van der Waals surface area contributed by atoms with Crippen molar-refractivity contribution >= 4 is 45.2 Å². The smallest absolute Gasteiger partial charge is 0.258 e. The highest BCUT2D eigenvalue weighted by atomic mass is 16.2. The summed E-state index contributed by atoms with van der Waals surface area (Å²) in [5.74, 6) is -0.494. The lowest BCUT2D eigenvalue weighted by Gasteiger charge is -2.21. The molecular formula is C34H32N4O3. The van der Waals surface area contributed by atoms with Crippen LogP contribution in [-0.2, 0) is 17.8 Å². The Hall–Kier alpha value is -4.91. The lowest BCUT2D eigenvalue weighted by atomic mass is 9.93. The van der Waals surface area contributed by atoms with Crippen LogP contribution >= 0.6 is 0 Å². The summed E-state index contributed by atoms with van der Waals surface area (Å²) in [5.41, 5.74) is 14.3. The number of hydrogen-bond acceptors (Lipinski definition) is 3. The Kier molecular flexibility index (Phi) is 6.58. The molecule has 0 saturated heterocycles. The molecule has 0 radical (unpaired) electrons. The van der Waals surface area contributed by atoms with Crippen molar-refractivity contribution in [2.75, 3.05) is 4.90 Å². The van der Waals surface area contributed by atoms with Crippen molar-refractivity contribution in [1.29, 1.82) is 0 Å². The van der Waals surface area contributed by atoms with Crippen molar-refractivity contribution in [2.24, 2.45) is 5.73 Å². The van der Waals surface area contributed by atoms with Gasteiger partial charge in [-0.1, -0.05) is 48.5 Å². The van der Waals surface area contributed by atoms with Gasteiger partial charge in [0.1, 0.15) is 0 Å². The molecule has 6 rings (SSSR count). The molecule has 7 heteroatoms. The monoisotopic (exact) mass is 544 g/mol. The lowest BCUT2D eigenvalue weighted by molar-refractivity contribution is -0.121. The zero-order chi connectivity index (χ0) is 28.8. The van der Waals surface area contributed by atoms with Gasteiger partial charge in [0.15, 0.2) is 0 Å². The number of nitrogens with one attached hydrogen (secondary N) is 2. The Bertz CT molecular complexity index is 1870. The van der Waals surface area contributed by atoms with Gasteiger partial charge in [-0.25, -0.2) is 0 Å². The molecule has 0 atom stereocenters. The molecular weight excluding hydrogens is 512 g/mol. The first-order chi connectivity index (χ1) is 19.7. The fourth-order valence-electron chi connectivity index (χ4n) is 5.95. The molecule has 2 heterocycles. The third-order valence-electron chi connectivity index (χ3n) is 7.88. The summed E-state index contributed by atoms with van der Waals surface area (Å²) in [7, 11) is 0. The van der Waals surface area contributed by atoms with Gasteiger partial charge in [-0.3, -0.25) is 14.4 Å². The van der Waals surface area contributed by atoms with E-state index in [1.54, 1.807) is 6.07 Å². The normalized spacial score (nSPS) is 12.9. The largest absolute Gasteiger partial charge is 0.366 e. The number of carbonyl (C=O) groups excluding carboxylic acids is 3. The predicted octanol–water partition coefficient (Wildman–Crippen LogP) is 6.01. The van der Waals surface area contributed by atoms with Crippen LogP contribution in [0.25, 0.3) is 32.9 Å². The van der Waals surface area contributed by atoms with Crippen molar-refractivity contribution in [2.45, 2.75) is 46.2 Å². The number of aromatic nitrogens is 1. The maximum atomic E-state index is 13.3. The first kappa shape index (κ1) is 26.3. The van der Waals surface area contributed by atoms with Gasteiger partial charge in [0.25, 0.3) is 11.8 Å². The summed E-state index contributed by atoms with van der Waals surface area (Å²) < 4.78 is 0. The standard InChI is InChI=1S/C34H32N4O3/c1-19(2)36-30(39)16-12-21-11-13-26-28(17-21)37-32-27(33(35)40)15-14-25(31(26)32)23-9-6-10-29(20(23)3)38-18-22-7-4-5-8-24(22)34(38)41/h4-11,13-15,17,19,37H,12,16,18H2,1-3H3,(H2,35,40)(H,36,39). The highest BCUT2D eigenvalue weighted by Crippen LogP contribution is 2.41. The van der Waals surface area contributed by atoms with Crippen LogP contribution in [0.5, 0.6) is 0 Å². The number of carbonyl (C=O) groups is 3. The molecule has 0 bridgehead atoms. The number of nitrogens with two attached hydrogens (primary N) is 1. The zero-order valence-electron chi connectivity index (χ0n) is 23.4. The van der Waals surface area contributed by atoms with Crippen molar-refractivity contribution in [3.63, 3.8) is 0 Å². The molecule has 1 aromatic heterocycles. The average molecular weight is 545 g/mol. The summed E-state index contributed by atoms with van der Waals surface area (Å²) >= 11 is 0. The third-order valence-corrected chi connectivity index (χ3v) is 7.88. The third kappa shape index (κ3) is 4.63. The first-order valence-electron chi connectivity index (χ1n) is 13.9. The van der Waals surface area contributed by atoms with Crippen LogP contribution in [-0.4, -0.2) is 28.7 Å². The van der Waals surface area contributed by atoms with Crippen LogP contribution in [0.4, 0.5) is 5.69 Å². The maximum Gasteiger partial charge on any atom is 0.258 e. The maximum absolute atomic E-state index is 13.3. The summed E-state index contributed by atoms with van der Waals surface area (Å²) in [6, 6.07) is 23.6. The number of nitrogens with zero attached hydrogens (tertiary/aromatic N) is 1. The summed E-state index contributed by atoms with van der Waals surface area (Å²) in [5, 5.41) is 4.79. The van der Waals surface area contributed by atoms with Crippen LogP contribution in [0.2, 0.25) is 0 Å². The second-order valence-electron chi connectivity index (χ2n) is 11.0. The number of fused-ring (bicyclic) bond motifs is 4. The molecule has 5 aromatic rings. The highest BCUT2D eigenvalue weighted by molar-refractivity contribution is 6.20. The average Bonchev–Trinajstić information content (AvgIpc) is 3.49. The van der Waals surface area contributed by atoms with E-state index in [2.05, 4.69) is 10.3 Å². The molecule has 0 spiro atoms. The second kappa shape index (κ2) is 10.2. The first-order valence-corrected chi connectivity index (χ1v) is 13.9. The van der Waals surface area contributed by atoms with Gasteiger partial charge in [-0.15, -0.1) is 0 Å².